The topological polar surface area (TPSA) is 15.3 Å². The van der Waals surface area contributed by atoms with Crippen molar-refractivity contribution in [1.29, 1.82) is 0 Å². The van der Waals surface area contributed by atoms with Crippen LogP contribution in [0.3, 0.4) is 0 Å². The molecule has 1 N–H and O–H groups in total. The maximum absolute atomic E-state index is 3.50. The zero-order valence-corrected chi connectivity index (χ0v) is 11.9. The Morgan fingerprint density at radius 3 is 2.56 bits per heavy atom. The van der Waals surface area contributed by atoms with Gasteiger partial charge in [0, 0.05) is 12.6 Å². The second-order valence-corrected chi connectivity index (χ2v) is 5.08. The monoisotopic (exact) mass is 268 g/mol. The number of piperidine rings is 1. The zero-order valence-electron chi connectivity index (χ0n) is 10.3. The fraction of sp³-hybridized carbons (Fsp3) is 1.00. The molecule has 16 heavy (non-hydrogen) atoms. The first-order valence-corrected chi connectivity index (χ1v) is 6.31. The third-order valence-corrected chi connectivity index (χ3v) is 3.75. The molecule has 0 aliphatic carbocycles. The van der Waals surface area contributed by atoms with Crippen molar-refractivity contribution < 1.29 is 0 Å². The van der Waals surface area contributed by atoms with Crippen LogP contribution in [-0.2, 0) is 0 Å². The van der Waals surface area contributed by atoms with E-state index in [1.165, 1.54) is 58.3 Å². The van der Waals surface area contributed by atoms with Gasteiger partial charge in [0.05, 0.1) is 0 Å². The average Bonchev–Trinajstić information content (AvgIpc) is 2.45. The van der Waals surface area contributed by atoms with Crippen LogP contribution in [0.25, 0.3) is 0 Å². The van der Waals surface area contributed by atoms with Gasteiger partial charge < -0.3 is 10.2 Å². The molecule has 2 nitrogen and oxygen atoms in total. The molecule has 0 aromatic carbocycles. The molecule has 2 heterocycles. The summed E-state index contributed by atoms with van der Waals surface area (Å²) in [6, 6.07) is 0.882. The second-order valence-electron chi connectivity index (χ2n) is 5.08. The van der Waals surface area contributed by atoms with Crippen LogP contribution >= 0.6 is 24.8 Å². The molecule has 0 saturated carbocycles. The van der Waals surface area contributed by atoms with Crippen molar-refractivity contribution in [2.45, 2.75) is 45.1 Å². The standard InChI is InChI=1S/C12H24N2.2ClH/c1-11-4-3-9-14(10-11)12-5-2-7-13-8-6-12;;/h11-13H,2-10H2,1H3;2*1H/t11-,12?;;/m1../s1. The number of rotatable bonds is 1. The van der Waals surface area contributed by atoms with Gasteiger partial charge in [-0.2, -0.15) is 0 Å². The van der Waals surface area contributed by atoms with Crippen LogP contribution in [0.1, 0.15) is 39.0 Å². The average molecular weight is 269 g/mol. The van der Waals surface area contributed by atoms with Gasteiger partial charge in [-0.25, -0.2) is 0 Å². The highest BCUT2D eigenvalue weighted by molar-refractivity contribution is 5.85. The lowest BCUT2D eigenvalue weighted by Crippen LogP contribution is -2.42. The molecule has 2 fully saturated rings. The molecule has 2 aliphatic heterocycles. The van der Waals surface area contributed by atoms with Gasteiger partial charge in [-0.05, 0) is 57.7 Å². The highest BCUT2D eigenvalue weighted by Crippen LogP contribution is 2.21. The number of nitrogens with zero attached hydrogens (tertiary/aromatic N) is 1. The normalized spacial score (nSPS) is 32.1. The molecule has 0 bridgehead atoms. The van der Waals surface area contributed by atoms with E-state index in [9.17, 15) is 0 Å². The summed E-state index contributed by atoms with van der Waals surface area (Å²) in [4.78, 5) is 2.75. The zero-order chi connectivity index (χ0) is 9.80. The number of nitrogens with one attached hydrogen (secondary N) is 1. The van der Waals surface area contributed by atoms with Crippen molar-refractivity contribution in [3.05, 3.63) is 0 Å². The first-order chi connectivity index (χ1) is 6.86. The molecule has 0 spiro atoms. The summed E-state index contributed by atoms with van der Waals surface area (Å²) in [6.07, 6.45) is 7.02. The molecule has 2 rings (SSSR count). The smallest absolute Gasteiger partial charge is 0.0108 e. The predicted molar refractivity (Wildman–Crippen MR) is 75.0 cm³/mol. The Morgan fingerprint density at radius 1 is 1.00 bits per heavy atom. The van der Waals surface area contributed by atoms with Gasteiger partial charge in [0.15, 0.2) is 0 Å². The molecular weight excluding hydrogens is 243 g/mol. The van der Waals surface area contributed by atoms with Gasteiger partial charge in [-0.15, -0.1) is 24.8 Å². The van der Waals surface area contributed by atoms with Gasteiger partial charge >= 0.3 is 0 Å². The lowest BCUT2D eigenvalue weighted by Gasteiger charge is -2.36. The lowest BCUT2D eigenvalue weighted by molar-refractivity contribution is 0.121. The molecule has 2 saturated heterocycles. The Kier molecular flexibility index (Phi) is 8.84. The van der Waals surface area contributed by atoms with E-state index in [1.807, 2.05) is 0 Å². The Bertz CT molecular complexity index is 170. The van der Waals surface area contributed by atoms with Crippen LogP contribution in [0.2, 0.25) is 0 Å². The van der Waals surface area contributed by atoms with Gasteiger partial charge in [0.2, 0.25) is 0 Å². The van der Waals surface area contributed by atoms with Gasteiger partial charge in [0.25, 0.3) is 0 Å². The van der Waals surface area contributed by atoms with E-state index in [0.29, 0.717) is 0 Å². The van der Waals surface area contributed by atoms with E-state index in [4.69, 9.17) is 0 Å². The van der Waals surface area contributed by atoms with Crippen LogP contribution < -0.4 is 5.32 Å². The molecule has 0 aromatic rings. The quantitative estimate of drug-likeness (QED) is 0.787. The van der Waals surface area contributed by atoms with E-state index < -0.39 is 0 Å². The van der Waals surface area contributed by atoms with Crippen molar-refractivity contribution in [3.8, 4) is 0 Å². The third kappa shape index (κ3) is 4.79. The van der Waals surface area contributed by atoms with Gasteiger partial charge in [-0.3, -0.25) is 0 Å². The minimum absolute atomic E-state index is 0. The molecule has 0 amide bonds. The molecular formula is C12H26Cl2N2. The fourth-order valence-corrected chi connectivity index (χ4v) is 2.92. The molecule has 0 radical (unpaired) electrons. The molecule has 1 unspecified atom stereocenters. The summed E-state index contributed by atoms with van der Waals surface area (Å²) in [5.74, 6) is 0.931. The summed E-state index contributed by atoms with van der Waals surface area (Å²) in [5.41, 5.74) is 0. The summed E-state index contributed by atoms with van der Waals surface area (Å²) < 4.78 is 0. The molecule has 98 valence electrons. The van der Waals surface area contributed by atoms with Crippen LogP contribution in [0.5, 0.6) is 0 Å². The van der Waals surface area contributed by atoms with Crippen LogP contribution in [-0.4, -0.2) is 37.1 Å². The maximum Gasteiger partial charge on any atom is 0.0108 e. The van der Waals surface area contributed by atoms with E-state index in [2.05, 4.69) is 17.1 Å². The van der Waals surface area contributed by atoms with Crippen molar-refractivity contribution in [3.63, 3.8) is 0 Å². The Balaban J connectivity index is 0.00000112. The molecule has 0 aromatic heterocycles. The van der Waals surface area contributed by atoms with E-state index in [1.54, 1.807) is 0 Å². The van der Waals surface area contributed by atoms with Crippen LogP contribution in [0, 0.1) is 5.92 Å². The Labute approximate surface area is 112 Å². The van der Waals surface area contributed by atoms with E-state index in [-0.39, 0.29) is 24.8 Å². The molecule has 2 aliphatic rings. The predicted octanol–water partition coefficient (Wildman–Crippen LogP) is 2.70. The van der Waals surface area contributed by atoms with Crippen LogP contribution in [0.15, 0.2) is 0 Å². The maximum atomic E-state index is 3.50. The first-order valence-electron chi connectivity index (χ1n) is 6.31. The van der Waals surface area contributed by atoms with Crippen molar-refractivity contribution >= 4 is 24.8 Å². The fourth-order valence-electron chi connectivity index (χ4n) is 2.92. The van der Waals surface area contributed by atoms with Crippen LogP contribution in [0.4, 0.5) is 0 Å². The van der Waals surface area contributed by atoms with E-state index in [0.717, 1.165) is 12.0 Å². The molecule has 2 atom stereocenters. The third-order valence-electron chi connectivity index (χ3n) is 3.75. The summed E-state index contributed by atoms with van der Waals surface area (Å²) >= 11 is 0. The van der Waals surface area contributed by atoms with Gasteiger partial charge in [0.1, 0.15) is 0 Å². The molecule has 4 heteroatoms. The minimum atomic E-state index is 0. The summed E-state index contributed by atoms with van der Waals surface area (Å²) in [5, 5.41) is 3.50. The number of halogens is 2. The number of hydrogen-bond donors (Lipinski definition) is 1. The Hall–Kier alpha value is 0.500. The Morgan fingerprint density at radius 2 is 1.81 bits per heavy atom. The highest BCUT2D eigenvalue weighted by Gasteiger charge is 2.23. The van der Waals surface area contributed by atoms with Crippen molar-refractivity contribution in [2.75, 3.05) is 26.2 Å². The summed E-state index contributed by atoms with van der Waals surface area (Å²) in [7, 11) is 0. The number of likely N-dealkylation sites (tertiary alicyclic amines) is 1. The minimum Gasteiger partial charge on any atom is -0.317 e. The summed E-state index contributed by atoms with van der Waals surface area (Å²) in [6.45, 7) is 7.58. The first kappa shape index (κ1) is 16.5. The number of hydrogen-bond acceptors (Lipinski definition) is 2. The largest absolute Gasteiger partial charge is 0.317 e. The van der Waals surface area contributed by atoms with Gasteiger partial charge in [-0.1, -0.05) is 6.92 Å². The lowest BCUT2D eigenvalue weighted by atomic mass is 9.96. The second kappa shape index (κ2) is 8.57. The van der Waals surface area contributed by atoms with Crippen molar-refractivity contribution in [1.82, 2.24) is 10.2 Å². The van der Waals surface area contributed by atoms with E-state index >= 15 is 0 Å². The SMILES string of the molecule is C[C@@H]1CCCN(C2CCCNCC2)C1.Cl.Cl. The van der Waals surface area contributed by atoms with Crippen molar-refractivity contribution in [2.24, 2.45) is 5.92 Å². The highest BCUT2D eigenvalue weighted by atomic mass is 35.5.